The Morgan fingerprint density at radius 1 is 1.18 bits per heavy atom. The molecule has 0 amide bonds. The second-order valence-corrected chi connectivity index (χ2v) is 6.99. The highest BCUT2D eigenvalue weighted by molar-refractivity contribution is 5.83. The molecule has 3 aromatic rings. The Hall–Kier alpha value is -2.95. The van der Waals surface area contributed by atoms with E-state index in [1.54, 1.807) is 6.20 Å². The van der Waals surface area contributed by atoms with E-state index >= 15 is 0 Å². The fourth-order valence-electron chi connectivity index (χ4n) is 2.86. The van der Waals surface area contributed by atoms with Crippen molar-refractivity contribution in [2.24, 2.45) is 5.92 Å². The molecule has 0 aliphatic carbocycles. The first kappa shape index (κ1) is 19.8. The minimum absolute atomic E-state index is 0.324. The molecule has 0 aliphatic heterocycles. The van der Waals surface area contributed by atoms with Crippen molar-refractivity contribution in [2.75, 3.05) is 0 Å². The maximum Gasteiger partial charge on any atom is 0.226 e. The van der Waals surface area contributed by atoms with Crippen LogP contribution in [0.4, 0.5) is 0 Å². The lowest BCUT2D eigenvalue weighted by molar-refractivity contribution is 0.301. The van der Waals surface area contributed by atoms with Gasteiger partial charge in [-0.1, -0.05) is 19.9 Å². The van der Waals surface area contributed by atoms with Gasteiger partial charge in [0.2, 0.25) is 5.89 Å². The van der Waals surface area contributed by atoms with Crippen molar-refractivity contribution in [1.82, 2.24) is 9.97 Å². The van der Waals surface area contributed by atoms with Gasteiger partial charge >= 0.3 is 0 Å². The molecule has 0 saturated carbocycles. The van der Waals surface area contributed by atoms with Crippen molar-refractivity contribution in [3.63, 3.8) is 0 Å². The van der Waals surface area contributed by atoms with Gasteiger partial charge in [-0.25, -0.2) is 4.98 Å². The summed E-state index contributed by atoms with van der Waals surface area (Å²) in [7, 11) is 0. The average molecular weight is 377 g/mol. The molecule has 1 unspecified atom stereocenters. The van der Waals surface area contributed by atoms with Crippen LogP contribution in [-0.4, -0.2) is 15.7 Å². The maximum atomic E-state index is 8.13. The van der Waals surface area contributed by atoms with Crippen molar-refractivity contribution in [2.45, 2.75) is 46.6 Å². The number of nitrogens with one attached hydrogen (secondary N) is 1. The molecule has 0 saturated heterocycles. The Morgan fingerprint density at radius 3 is 2.64 bits per heavy atom. The van der Waals surface area contributed by atoms with Crippen LogP contribution in [0.25, 0.3) is 11.5 Å². The summed E-state index contributed by atoms with van der Waals surface area (Å²) in [6.45, 7) is 6.58. The molecule has 0 radical (unpaired) electrons. The smallest absolute Gasteiger partial charge is 0.226 e. The number of hydrogen-bond acceptors (Lipinski definition) is 5. The molecule has 146 valence electrons. The molecule has 2 heterocycles. The summed E-state index contributed by atoms with van der Waals surface area (Å²) in [6, 6.07) is 13.5. The summed E-state index contributed by atoms with van der Waals surface area (Å²) in [5, 5.41) is 8.13. The number of rotatable bonds is 9. The largest absolute Gasteiger partial charge is 0.487 e. The van der Waals surface area contributed by atoms with Crippen LogP contribution in [-0.2, 0) is 13.0 Å². The van der Waals surface area contributed by atoms with Crippen LogP contribution in [0.3, 0.4) is 0 Å². The minimum atomic E-state index is 0.324. The van der Waals surface area contributed by atoms with Gasteiger partial charge < -0.3 is 14.6 Å². The first-order valence-corrected chi connectivity index (χ1v) is 9.73. The standard InChI is InChI=1S/C23H27N3O2/c1-4-16(2)21(24)12-13-22-17(3)28-23(26-22)18-8-10-20(11-9-18)27-15-19-7-5-6-14-25-19/h5-11,14,16,24H,4,12-13,15H2,1-3H3. The Bertz CT molecular complexity index is 901. The Kier molecular flexibility index (Phi) is 6.58. The predicted octanol–water partition coefficient (Wildman–Crippen LogP) is 5.62. The summed E-state index contributed by atoms with van der Waals surface area (Å²) in [4.78, 5) is 8.90. The molecule has 1 atom stereocenters. The lowest BCUT2D eigenvalue weighted by Gasteiger charge is -2.09. The van der Waals surface area contributed by atoms with Gasteiger partial charge in [-0.15, -0.1) is 0 Å². The number of oxazole rings is 1. The monoisotopic (exact) mass is 377 g/mol. The number of benzene rings is 1. The highest BCUT2D eigenvalue weighted by Crippen LogP contribution is 2.25. The number of hydrogen-bond donors (Lipinski definition) is 1. The van der Waals surface area contributed by atoms with E-state index in [1.807, 2.05) is 49.4 Å². The van der Waals surface area contributed by atoms with Gasteiger partial charge in [0.1, 0.15) is 18.1 Å². The average Bonchev–Trinajstić information content (AvgIpc) is 3.11. The second kappa shape index (κ2) is 9.31. The topological polar surface area (TPSA) is 72.0 Å². The van der Waals surface area contributed by atoms with Crippen LogP contribution in [0.5, 0.6) is 5.75 Å². The quantitative estimate of drug-likeness (QED) is 0.491. The van der Waals surface area contributed by atoms with E-state index in [0.29, 0.717) is 18.4 Å². The van der Waals surface area contributed by atoms with Gasteiger partial charge in [0.05, 0.1) is 11.4 Å². The van der Waals surface area contributed by atoms with Gasteiger partial charge in [-0.05, 0) is 68.5 Å². The van der Waals surface area contributed by atoms with Gasteiger partial charge in [-0.3, -0.25) is 4.98 Å². The van der Waals surface area contributed by atoms with Gasteiger partial charge in [0.25, 0.3) is 0 Å². The number of pyridine rings is 1. The van der Waals surface area contributed by atoms with Crippen molar-refractivity contribution < 1.29 is 9.15 Å². The molecule has 5 heteroatoms. The molecule has 0 aliphatic rings. The van der Waals surface area contributed by atoms with Crippen LogP contribution in [0, 0.1) is 18.3 Å². The highest BCUT2D eigenvalue weighted by atomic mass is 16.5. The zero-order valence-corrected chi connectivity index (χ0v) is 16.7. The van der Waals surface area contributed by atoms with Crippen molar-refractivity contribution in [1.29, 1.82) is 5.41 Å². The third-order valence-electron chi connectivity index (χ3n) is 4.95. The van der Waals surface area contributed by atoms with Crippen LogP contribution >= 0.6 is 0 Å². The third kappa shape index (κ3) is 5.06. The number of aromatic nitrogens is 2. The first-order chi connectivity index (χ1) is 13.6. The van der Waals surface area contributed by atoms with Crippen LogP contribution in [0.2, 0.25) is 0 Å². The van der Waals surface area contributed by atoms with Gasteiger partial charge in [0, 0.05) is 17.5 Å². The minimum Gasteiger partial charge on any atom is -0.487 e. The lowest BCUT2D eigenvalue weighted by atomic mass is 9.98. The fourth-order valence-corrected chi connectivity index (χ4v) is 2.86. The number of aryl methyl sites for hydroxylation is 2. The second-order valence-electron chi connectivity index (χ2n) is 6.99. The SMILES string of the molecule is CCC(C)C(=N)CCc1nc(-c2ccc(OCc3ccccn3)cc2)oc1C. The Balaban J connectivity index is 1.61. The van der Waals surface area contributed by atoms with Crippen LogP contribution in [0.15, 0.2) is 53.1 Å². The van der Waals surface area contributed by atoms with E-state index in [2.05, 4.69) is 23.8 Å². The Labute approximate surface area is 166 Å². The molecule has 1 N–H and O–H groups in total. The molecule has 0 bridgehead atoms. The molecule has 28 heavy (non-hydrogen) atoms. The van der Waals surface area contributed by atoms with E-state index in [-0.39, 0.29) is 0 Å². The van der Waals surface area contributed by atoms with Crippen LogP contribution < -0.4 is 4.74 Å². The molecular weight excluding hydrogens is 350 g/mol. The third-order valence-corrected chi connectivity index (χ3v) is 4.95. The summed E-state index contributed by atoms with van der Waals surface area (Å²) in [5.41, 5.74) is 3.51. The van der Waals surface area contributed by atoms with Crippen LogP contribution in [0.1, 0.15) is 43.8 Å². The highest BCUT2D eigenvalue weighted by Gasteiger charge is 2.14. The number of nitrogens with zero attached hydrogens (tertiary/aromatic N) is 2. The van der Waals surface area contributed by atoms with Gasteiger partial charge in [0.15, 0.2) is 0 Å². The molecule has 0 fully saturated rings. The molecule has 5 nitrogen and oxygen atoms in total. The predicted molar refractivity (Wildman–Crippen MR) is 111 cm³/mol. The lowest BCUT2D eigenvalue weighted by Crippen LogP contribution is -2.10. The summed E-state index contributed by atoms with van der Waals surface area (Å²) < 4.78 is 11.6. The zero-order valence-electron chi connectivity index (χ0n) is 16.7. The van der Waals surface area contributed by atoms with E-state index < -0.39 is 0 Å². The molecular formula is C23H27N3O2. The normalized spacial score (nSPS) is 12.0. The maximum absolute atomic E-state index is 8.13. The number of ether oxygens (including phenoxy) is 1. The summed E-state index contributed by atoms with van der Waals surface area (Å²) >= 11 is 0. The van der Waals surface area contributed by atoms with Crippen molar-refractivity contribution >= 4 is 5.71 Å². The van der Waals surface area contributed by atoms with Crippen molar-refractivity contribution in [3.05, 3.63) is 65.8 Å². The van der Waals surface area contributed by atoms with Gasteiger partial charge in [-0.2, -0.15) is 0 Å². The van der Waals surface area contributed by atoms with E-state index in [9.17, 15) is 0 Å². The molecule has 1 aromatic carbocycles. The van der Waals surface area contributed by atoms with Crippen molar-refractivity contribution in [3.8, 4) is 17.2 Å². The Morgan fingerprint density at radius 2 is 1.96 bits per heavy atom. The summed E-state index contributed by atoms with van der Waals surface area (Å²) in [6.07, 6.45) is 4.22. The zero-order chi connectivity index (χ0) is 19.9. The van der Waals surface area contributed by atoms with E-state index in [4.69, 9.17) is 14.6 Å². The first-order valence-electron chi connectivity index (χ1n) is 9.73. The molecule has 0 spiro atoms. The van der Waals surface area contributed by atoms with E-state index in [1.165, 1.54) is 0 Å². The molecule has 3 rings (SSSR count). The van der Waals surface area contributed by atoms with E-state index in [0.717, 1.165) is 53.4 Å². The summed E-state index contributed by atoms with van der Waals surface area (Å²) in [5.74, 6) is 2.53. The fraction of sp³-hybridized carbons (Fsp3) is 0.348. The molecule has 2 aromatic heterocycles.